The van der Waals surface area contributed by atoms with Crippen LogP contribution in [0.15, 0.2) is 62.3 Å². The molecular weight excluding hydrogens is 452 g/mol. The molecule has 174 valence electrons. The summed E-state index contributed by atoms with van der Waals surface area (Å²) in [5, 5.41) is 1.70. The Morgan fingerprint density at radius 3 is 2.24 bits per heavy atom. The monoisotopic (exact) mass is 482 g/mol. The fourth-order valence-corrected chi connectivity index (χ4v) is 6.44. The van der Waals surface area contributed by atoms with E-state index in [4.69, 9.17) is 9.73 Å². The van der Waals surface area contributed by atoms with E-state index in [-0.39, 0.29) is 5.91 Å². The van der Waals surface area contributed by atoms with Crippen LogP contribution < -0.4 is 14.5 Å². The number of hydrogen-bond acceptors (Lipinski definition) is 7. The first-order valence-corrected chi connectivity index (χ1v) is 13.0. The standard InChI is InChI=1S/C25H30N4O2S2/c1-6-27(7-2)18-12-10-17(11-13-18)26-25-29(9-4)23(30)22(33-25)24-28(8-3)20-16-19(31-5)14-15-21(20)32-24/h10-16H,6-9H2,1-5H3/b24-22-,26-25?. The number of anilines is 2. The van der Waals surface area contributed by atoms with Gasteiger partial charge in [-0.05, 0) is 75.9 Å². The van der Waals surface area contributed by atoms with E-state index in [0.717, 1.165) is 56.8 Å². The van der Waals surface area contributed by atoms with Crippen molar-refractivity contribution < 1.29 is 9.53 Å². The highest BCUT2D eigenvalue weighted by molar-refractivity contribution is 8.19. The first kappa shape index (κ1) is 23.6. The summed E-state index contributed by atoms with van der Waals surface area (Å²) in [4.78, 5) is 26.3. The fourth-order valence-electron chi connectivity index (χ4n) is 4.01. The van der Waals surface area contributed by atoms with Crippen LogP contribution in [0.3, 0.4) is 0 Å². The molecule has 2 aromatic rings. The molecule has 0 N–H and O–H groups in total. The van der Waals surface area contributed by atoms with Crippen molar-refractivity contribution in [3.63, 3.8) is 0 Å². The smallest absolute Gasteiger partial charge is 0.269 e. The number of carbonyl (C=O) groups is 1. The van der Waals surface area contributed by atoms with Crippen LogP contribution in [0.2, 0.25) is 0 Å². The third kappa shape index (κ3) is 4.46. The molecule has 0 aliphatic carbocycles. The molecule has 33 heavy (non-hydrogen) atoms. The van der Waals surface area contributed by atoms with Crippen LogP contribution in [0.4, 0.5) is 17.1 Å². The number of aliphatic imine (C=N–C) groups is 1. The van der Waals surface area contributed by atoms with Gasteiger partial charge in [0.15, 0.2) is 5.17 Å². The summed E-state index contributed by atoms with van der Waals surface area (Å²) < 4.78 is 5.41. The number of likely N-dealkylation sites (N-methyl/N-ethyl adjacent to an activating group) is 1. The SMILES string of the molecule is CCN1C(=O)/C(=C2/Sc3ccc(OC)cc3N2CC)SC1=Nc1ccc(N(CC)CC)cc1. The number of methoxy groups -OCH3 is 1. The minimum atomic E-state index is 0.0155. The van der Waals surface area contributed by atoms with Gasteiger partial charge in [-0.3, -0.25) is 9.69 Å². The first-order chi connectivity index (χ1) is 16.0. The van der Waals surface area contributed by atoms with Crippen molar-refractivity contribution in [3.05, 3.63) is 52.4 Å². The van der Waals surface area contributed by atoms with E-state index in [9.17, 15) is 4.79 Å². The molecule has 2 heterocycles. The van der Waals surface area contributed by atoms with Crippen LogP contribution >= 0.6 is 23.5 Å². The zero-order valence-electron chi connectivity index (χ0n) is 19.8. The van der Waals surface area contributed by atoms with Crippen LogP contribution in [0.1, 0.15) is 27.7 Å². The van der Waals surface area contributed by atoms with E-state index in [1.807, 2.05) is 31.2 Å². The summed E-state index contributed by atoms with van der Waals surface area (Å²) in [6.45, 7) is 11.7. The Bertz CT molecular complexity index is 1090. The number of nitrogens with zero attached hydrogens (tertiary/aromatic N) is 4. The zero-order valence-corrected chi connectivity index (χ0v) is 21.4. The highest BCUT2D eigenvalue weighted by Crippen LogP contribution is 2.51. The lowest BCUT2D eigenvalue weighted by molar-refractivity contribution is -0.122. The lowest BCUT2D eigenvalue weighted by atomic mass is 10.2. The van der Waals surface area contributed by atoms with E-state index in [1.54, 1.807) is 23.8 Å². The van der Waals surface area contributed by atoms with Gasteiger partial charge in [-0.25, -0.2) is 4.99 Å². The minimum absolute atomic E-state index is 0.0155. The molecule has 1 fully saturated rings. The topological polar surface area (TPSA) is 48.4 Å². The number of ether oxygens (including phenoxy) is 1. The molecule has 0 aromatic heterocycles. The van der Waals surface area contributed by atoms with Crippen molar-refractivity contribution in [3.8, 4) is 5.75 Å². The molecule has 1 saturated heterocycles. The van der Waals surface area contributed by atoms with Crippen molar-refractivity contribution in [1.82, 2.24) is 4.90 Å². The Labute approximate surface area is 204 Å². The van der Waals surface area contributed by atoms with E-state index in [1.165, 1.54) is 17.4 Å². The summed E-state index contributed by atoms with van der Waals surface area (Å²) in [6.07, 6.45) is 0. The van der Waals surface area contributed by atoms with E-state index in [2.05, 4.69) is 48.8 Å². The summed E-state index contributed by atoms with van der Waals surface area (Å²) in [5.41, 5.74) is 3.12. The Morgan fingerprint density at radius 2 is 1.64 bits per heavy atom. The quantitative estimate of drug-likeness (QED) is 0.456. The number of hydrogen-bond donors (Lipinski definition) is 0. The predicted molar refractivity (Wildman–Crippen MR) is 141 cm³/mol. The number of thioether (sulfide) groups is 2. The van der Waals surface area contributed by atoms with E-state index >= 15 is 0 Å². The van der Waals surface area contributed by atoms with Gasteiger partial charge in [0, 0.05) is 42.8 Å². The number of amidine groups is 1. The third-order valence-electron chi connectivity index (χ3n) is 5.80. The Hall–Kier alpha value is -2.58. The van der Waals surface area contributed by atoms with Crippen molar-refractivity contribution in [2.75, 3.05) is 43.1 Å². The molecule has 1 amide bonds. The highest BCUT2D eigenvalue weighted by atomic mass is 32.2. The molecule has 0 spiro atoms. The Balaban J connectivity index is 1.66. The number of amides is 1. The van der Waals surface area contributed by atoms with Crippen LogP contribution in [0, 0.1) is 0 Å². The molecule has 0 atom stereocenters. The van der Waals surface area contributed by atoms with Gasteiger partial charge in [0.05, 0.1) is 18.5 Å². The first-order valence-electron chi connectivity index (χ1n) is 11.4. The zero-order chi connectivity index (χ0) is 23.5. The van der Waals surface area contributed by atoms with Crippen molar-refractivity contribution in [2.24, 2.45) is 4.99 Å². The van der Waals surface area contributed by atoms with Gasteiger partial charge in [-0.15, -0.1) is 0 Å². The lowest BCUT2D eigenvalue weighted by Crippen LogP contribution is -2.29. The largest absolute Gasteiger partial charge is 0.497 e. The molecule has 4 rings (SSSR count). The minimum Gasteiger partial charge on any atom is -0.497 e. The molecule has 6 nitrogen and oxygen atoms in total. The van der Waals surface area contributed by atoms with Gasteiger partial charge in [-0.1, -0.05) is 11.8 Å². The molecule has 2 aliphatic heterocycles. The molecular formula is C25H30N4O2S2. The van der Waals surface area contributed by atoms with Gasteiger partial charge in [-0.2, -0.15) is 0 Å². The molecule has 0 unspecified atom stereocenters. The normalized spacial score (nSPS) is 18.9. The molecule has 0 radical (unpaired) electrons. The second-order valence-electron chi connectivity index (χ2n) is 7.55. The average Bonchev–Trinajstić information content (AvgIpc) is 3.36. The van der Waals surface area contributed by atoms with Crippen molar-refractivity contribution >= 4 is 51.7 Å². The Kier molecular flexibility index (Phi) is 7.24. The summed E-state index contributed by atoms with van der Waals surface area (Å²) >= 11 is 3.11. The maximum absolute atomic E-state index is 13.4. The molecule has 0 saturated carbocycles. The maximum Gasteiger partial charge on any atom is 0.269 e. The van der Waals surface area contributed by atoms with Gasteiger partial charge in [0.2, 0.25) is 0 Å². The lowest BCUT2D eigenvalue weighted by Gasteiger charge is -2.20. The average molecular weight is 483 g/mol. The molecule has 2 aliphatic rings. The molecule has 8 heteroatoms. The van der Waals surface area contributed by atoms with E-state index in [0.29, 0.717) is 6.54 Å². The molecule has 2 aromatic carbocycles. The predicted octanol–water partition coefficient (Wildman–Crippen LogP) is 5.93. The van der Waals surface area contributed by atoms with Gasteiger partial charge in [0.25, 0.3) is 5.91 Å². The Morgan fingerprint density at radius 1 is 0.939 bits per heavy atom. The highest BCUT2D eigenvalue weighted by Gasteiger charge is 2.39. The summed E-state index contributed by atoms with van der Waals surface area (Å²) in [5.74, 6) is 0.830. The summed E-state index contributed by atoms with van der Waals surface area (Å²) in [7, 11) is 1.67. The molecule has 0 bridgehead atoms. The van der Waals surface area contributed by atoms with Gasteiger partial charge in [0.1, 0.15) is 15.7 Å². The second-order valence-corrected chi connectivity index (χ2v) is 9.56. The fraction of sp³-hybridized carbons (Fsp3) is 0.360. The maximum atomic E-state index is 13.4. The second kappa shape index (κ2) is 10.1. The third-order valence-corrected chi connectivity index (χ3v) is 8.18. The van der Waals surface area contributed by atoms with Crippen LogP contribution in [-0.2, 0) is 4.79 Å². The van der Waals surface area contributed by atoms with Crippen LogP contribution in [0.25, 0.3) is 0 Å². The van der Waals surface area contributed by atoms with E-state index < -0.39 is 0 Å². The van der Waals surface area contributed by atoms with Crippen molar-refractivity contribution in [1.29, 1.82) is 0 Å². The van der Waals surface area contributed by atoms with Crippen LogP contribution in [-0.4, -0.2) is 49.3 Å². The number of fused-ring (bicyclic) bond motifs is 1. The van der Waals surface area contributed by atoms with Gasteiger partial charge < -0.3 is 14.5 Å². The number of benzene rings is 2. The number of carbonyl (C=O) groups excluding carboxylic acids is 1. The number of rotatable bonds is 7. The van der Waals surface area contributed by atoms with Crippen molar-refractivity contribution in [2.45, 2.75) is 32.6 Å². The van der Waals surface area contributed by atoms with Crippen LogP contribution in [0.5, 0.6) is 5.75 Å². The van der Waals surface area contributed by atoms with Gasteiger partial charge >= 0.3 is 0 Å². The summed E-state index contributed by atoms with van der Waals surface area (Å²) in [6, 6.07) is 14.3.